The Kier molecular flexibility index (Phi) is 7.08. The molecule has 3 aromatic rings. The highest BCUT2D eigenvalue weighted by atomic mass is 19.1. The Labute approximate surface area is 193 Å². The van der Waals surface area contributed by atoms with Crippen LogP contribution in [-0.2, 0) is 11.3 Å². The molecular formula is C26H30FN3O3. The highest BCUT2D eigenvalue weighted by molar-refractivity contribution is 5.94. The molecule has 6 nitrogen and oxygen atoms in total. The molecular weight excluding hydrogens is 421 g/mol. The van der Waals surface area contributed by atoms with Crippen molar-refractivity contribution in [2.75, 3.05) is 31.2 Å². The lowest BCUT2D eigenvalue weighted by Gasteiger charge is -2.31. The molecule has 33 heavy (non-hydrogen) atoms. The first-order valence-electron chi connectivity index (χ1n) is 11.4. The van der Waals surface area contributed by atoms with Crippen LogP contribution in [0.3, 0.4) is 0 Å². The molecule has 1 saturated heterocycles. The first-order valence-corrected chi connectivity index (χ1v) is 11.4. The summed E-state index contributed by atoms with van der Waals surface area (Å²) in [6, 6.07) is 14.1. The summed E-state index contributed by atoms with van der Waals surface area (Å²) >= 11 is 0. The van der Waals surface area contributed by atoms with Crippen LogP contribution in [0.2, 0.25) is 0 Å². The van der Waals surface area contributed by atoms with E-state index in [-0.39, 0.29) is 24.3 Å². The summed E-state index contributed by atoms with van der Waals surface area (Å²) in [7, 11) is 0. The zero-order valence-electron chi connectivity index (χ0n) is 19.4. The molecule has 1 amide bonds. The van der Waals surface area contributed by atoms with E-state index < -0.39 is 0 Å². The summed E-state index contributed by atoms with van der Waals surface area (Å²) in [5, 5.41) is 4.27. The summed E-state index contributed by atoms with van der Waals surface area (Å²) in [6.07, 6.45) is 0.783. The molecule has 4 rings (SSSR count). The normalized spacial score (nSPS) is 14.8. The van der Waals surface area contributed by atoms with E-state index in [1.54, 1.807) is 18.2 Å². The second-order valence-electron chi connectivity index (χ2n) is 8.45. The van der Waals surface area contributed by atoms with Crippen molar-refractivity contribution < 1.29 is 18.4 Å². The van der Waals surface area contributed by atoms with E-state index in [0.29, 0.717) is 54.6 Å². The fourth-order valence-corrected chi connectivity index (χ4v) is 4.00. The van der Waals surface area contributed by atoms with Gasteiger partial charge in [0, 0.05) is 30.3 Å². The highest BCUT2D eigenvalue weighted by Crippen LogP contribution is 2.35. The van der Waals surface area contributed by atoms with Crippen LogP contribution in [0.4, 0.5) is 10.3 Å². The molecule has 0 aliphatic carbocycles. The van der Waals surface area contributed by atoms with Gasteiger partial charge in [-0.3, -0.25) is 4.79 Å². The Morgan fingerprint density at radius 3 is 2.52 bits per heavy atom. The number of carbonyl (C=O) groups excluding carboxylic acids is 1. The van der Waals surface area contributed by atoms with Gasteiger partial charge in [0.1, 0.15) is 11.5 Å². The van der Waals surface area contributed by atoms with Crippen LogP contribution in [0.5, 0.6) is 0 Å². The third-order valence-electron chi connectivity index (χ3n) is 6.21. The second-order valence-corrected chi connectivity index (χ2v) is 8.45. The van der Waals surface area contributed by atoms with Crippen molar-refractivity contribution >= 4 is 11.8 Å². The summed E-state index contributed by atoms with van der Waals surface area (Å²) in [5.74, 6) is 0.125. The number of morpholine rings is 1. The van der Waals surface area contributed by atoms with Gasteiger partial charge < -0.3 is 19.1 Å². The largest absolute Gasteiger partial charge is 0.378 e. The molecule has 2 heterocycles. The minimum atomic E-state index is -0.375. The SMILES string of the molecule is CC[C@H](C)N(Cc1c(-c2ccccc2F)noc1N1CCOCC1)C(=O)c1ccc(C)cc1. The van der Waals surface area contributed by atoms with Crippen LogP contribution in [-0.4, -0.2) is 48.3 Å². The number of aromatic nitrogens is 1. The smallest absolute Gasteiger partial charge is 0.254 e. The molecule has 0 N–H and O–H groups in total. The molecule has 1 atom stereocenters. The standard InChI is InChI=1S/C26H30FN3O3/c1-4-19(3)30(25(31)20-11-9-18(2)10-12-20)17-22-24(21-7-5-6-8-23(21)27)28-33-26(22)29-13-15-32-16-14-29/h5-12,19H,4,13-17H2,1-3H3/t19-/m0/s1. The van der Waals surface area contributed by atoms with Crippen LogP contribution in [0.25, 0.3) is 11.3 Å². The third kappa shape index (κ3) is 4.93. The summed E-state index contributed by atoms with van der Waals surface area (Å²) in [5.41, 5.74) is 3.22. The first-order chi connectivity index (χ1) is 16.0. The number of carbonyl (C=O) groups is 1. The van der Waals surface area contributed by atoms with E-state index in [2.05, 4.69) is 10.1 Å². The van der Waals surface area contributed by atoms with E-state index in [1.807, 2.05) is 49.9 Å². The molecule has 0 unspecified atom stereocenters. The van der Waals surface area contributed by atoms with Gasteiger partial charge in [-0.15, -0.1) is 0 Å². The third-order valence-corrected chi connectivity index (χ3v) is 6.21. The summed E-state index contributed by atoms with van der Waals surface area (Å²) in [6.45, 7) is 8.78. The highest BCUT2D eigenvalue weighted by Gasteiger charge is 2.30. The predicted molar refractivity (Wildman–Crippen MR) is 126 cm³/mol. The van der Waals surface area contributed by atoms with Crippen molar-refractivity contribution in [2.45, 2.75) is 39.8 Å². The van der Waals surface area contributed by atoms with Gasteiger partial charge in [-0.1, -0.05) is 41.9 Å². The van der Waals surface area contributed by atoms with E-state index >= 15 is 0 Å². The molecule has 0 bridgehead atoms. The molecule has 174 valence electrons. The Hall–Kier alpha value is -3.19. The Morgan fingerprint density at radius 2 is 1.85 bits per heavy atom. The molecule has 7 heteroatoms. The minimum absolute atomic E-state index is 0.0280. The number of amides is 1. The zero-order chi connectivity index (χ0) is 23.4. The topological polar surface area (TPSA) is 58.8 Å². The van der Waals surface area contributed by atoms with Gasteiger partial charge in [0.05, 0.1) is 25.3 Å². The number of ether oxygens (including phenoxy) is 1. The summed E-state index contributed by atoms with van der Waals surface area (Å²) in [4.78, 5) is 17.4. The lowest BCUT2D eigenvalue weighted by molar-refractivity contribution is 0.0671. The quantitative estimate of drug-likeness (QED) is 0.502. The van der Waals surface area contributed by atoms with E-state index in [9.17, 15) is 9.18 Å². The van der Waals surface area contributed by atoms with Crippen molar-refractivity contribution in [3.05, 3.63) is 71.0 Å². The number of anilines is 1. The maximum absolute atomic E-state index is 14.7. The van der Waals surface area contributed by atoms with Crippen molar-refractivity contribution in [3.8, 4) is 11.3 Å². The molecule has 1 aromatic heterocycles. The van der Waals surface area contributed by atoms with E-state index in [4.69, 9.17) is 9.26 Å². The first kappa shape index (κ1) is 23.0. The average Bonchev–Trinajstić information content (AvgIpc) is 3.26. The van der Waals surface area contributed by atoms with Crippen molar-refractivity contribution in [2.24, 2.45) is 0 Å². The fourth-order valence-electron chi connectivity index (χ4n) is 4.00. The minimum Gasteiger partial charge on any atom is -0.378 e. The monoisotopic (exact) mass is 451 g/mol. The zero-order valence-corrected chi connectivity index (χ0v) is 19.4. The van der Waals surface area contributed by atoms with Gasteiger partial charge in [0.15, 0.2) is 0 Å². The number of halogens is 1. The van der Waals surface area contributed by atoms with Crippen LogP contribution in [0.1, 0.15) is 41.8 Å². The molecule has 0 radical (unpaired) electrons. The predicted octanol–water partition coefficient (Wildman–Crippen LogP) is 5.07. The summed E-state index contributed by atoms with van der Waals surface area (Å²) < 4.78 is 26.0. The molecule has 2 aromatic carbocycles. The van der Waals surface area contributed by atoms with Crippen LogP contribution >= 0.6 is 0 Å². The van der Waals surface area contributed by atoms with Crippen LogP contribution in [0, 0.1) is 12.7 Å². The molecule has 1 aliphatic rings. The van der Waals surface area contributed by atoms with Crippen molar-refractivity contribution in [3.63, 3.8) is 0 Å². The number of hydrogen-bond donors (Lipinski definition) is 0. The van der Waals surface area contributed by atoms with Gasteiger partial charge in [0.25, 0.3) is 5.91 Å². The van der Waals surface area contributed by atoms with Crippen LogP contribution < -0.4 is 4.90 Å². The lowest BCUT2D eigenvalue weighted by atomic mass is 10.0. The average molecular weight is 452 g/mol. The Balaban J connectivity index is 1.76. The van der Waals surface area contributed by atoms with Gasteiger partial charge in [-0.25, -0.2) is 4.39 Å². The molecule has 0 spiro atoms. The second kappa shape index (κ2) is 10.2. The molecule has 1 aliphatic heterocycles. The van der Waals surface area contributed by atoms with E-state index in [0.717, 1.165) is 12.0 Å². The number of rotatable bonds is 7. The Bertz CT molecular complexity index is 1090. The van der Waals surface area contributed by atoms with Crippen molar-refractivity contribution in [1.82, 2.24) is 10.1 Å². The lowest BCUT2D eigenvalue weighted by Crippen LogP contribution is -2.39. The van der Waals surface area contributed by atoms with Gasteiger partial charge in [-0.2, -0.15) is 0 Å². The van der Waals surface area contributed by atoms with Crippen molar-refractivity contribution in [1.29, 1.82) is 0 Å². The maximum Gasteiger partial charge on any atom is 0.254 e. The van der Waals surface area contributed by atoms with Gasteiger partial charge >= 0.3 is 0 Å². The Morgan fingerprint density at radius 1 is 1.15 bits per heavy atom. The van der Waals surface area contributed by atoms with Gasteiger partial charge in [-0.05, 0) is 44.5 Å². The number of hydrogen-bond acceptors (Lipinski definition) is 5. The molecule has 0 saturated carbocycles. The number of benzene rings is 2. The number of aryl methyl sites for hydroxylation is 1. The van der Waals surface area contributed by atoms with Crippen LogP contribution in [0.15, 0.2) is 53.1 Å². The maximum atomic E-state index is 14.7. The number of nitrogens with zero attached hydrogens (tertiary/aromatic N) is 3. The van der Waals surface area contributed by atoms with E-state index in [1.165, 1.54) is 6.07 Å². The molecule has 1 fully saturated rings. The fraction of sp³-hybridized carbons (Fsp3) is 0.385. The van der Waals surface area contributed by atoms with Gasteiger partial charge in [0.2, 0.25) is 5.88 Å².